The SMILES string of the molecule is COCc1cc(C(=O)NC(C(=O)O)C2CCCOC2)no1. The van der Waals surface area contributed by atoms with Gasteiger partial charge in [0, 0.05) is 25.7 Å². The van der Waals surface area contributed by atoms with E-state index < -0.39 is 17.9 Å². The molecule has 1 aromatic heterocycles. The molecule has 2 N–H and O–H groups in total. The number of aliphatic carboxylic acids is 1. The van der Waals surface area contributed by atoms with Crippen LogP contribution >= 0.6 is 0 Å². The molecule has 1 saturated heterocycles. The van der Waals surface area contributed by atoms with Crippen LogP contribution in [-0.4, -0.2) is 48.5 Å². The number of carbonyl (C=O) groups is 2. The van der Waals surface area contributed by atoms with E-state index in [0.717, 1.165) is 6.42 Å². The van der Waals surface area contributed by atoms with E-state index in [1.807, 2.05) is 0 Å². The molecule has 0 spiro atoms. The minimum Gasteiger partial charge on any atom is -0.480 e. The molecule has 8 heteroatoms. The minimum absolute atomic E-state index is 0.0324. The fraction of sp³-hybridized carbons (Fsp3) is 0.615. The Morgan fingerprint density at radius 2 is 2.43 bits per heavy atom. The van der Waals surface area contributed by atoms with E-state index in [-0.39, 0.29) is 18.2 Å². The summed E-state index contributed by atoms with van der Waals surface area (Å²) < 4.78 is 15.0. The zero-order chi connectivity index (χ0) is 15.2. The summed E-state index contributed by atoms with van der Waals surface area (Å²) in [6.07, 6.45) is 1.48. The zero-order valence-corrected chi connectivity index (χ0v) is 11.7. The Bertz CT molecular complexity index is 495. The third-order valence-corrected chi connectivity index (χ3v) is 3.30. The van der Waals surface area contributed by atoms with Crippen molar-refractivity contribution in [3.8, 4) is 0 Å². The number of carbonyl (C=O) groups excluding carboxylic acids is 1. The van der Waals surface area contributed by atoms with Crippen molar-refractivity contribution in [1.82, 2.24) is 10.5 Å². The van der Waals surface area contributed by atoms with Gasteiger partial charge in [-0.25, -0.2) is 4.79 Å². The topological polar surface area (TPSA) is 111 Å². The largest absolute Gasteiger partial charge is 0.480 e. The Morgan fingerprint density at radius 1 is 1.62 bits per heavy atom. The summed E-state index contributed by atoms with van der Waals surface area (Å²) >= 11 is 0. The van der Waals surface area contributed by atoms with Crippen LogP contribution in [0.1, 0.15) is 29.1 Å². The molecule has 8 nitrogen and oxygen atoms in total. The van der Waals surface area contributed by atoms with Gasteiger partial charge in [0.25, 0.3) is 5.91 Å². The molecule has 0 aromatic carbocycles. The van der Waals surface area contributed by atoms with Crippen LogP contribution in [0.2, 0.25) is 0 Å². The van der Waals surface area contributed by atoms with Gasteiger partial charge in [0.15, 0.2) is 11.5 Å². The normalized spacial score (nSPS) is 20.0. The summed E-state index contributed by atoms with van der Waals surface area (Å²) in [6.45, 7) is 1.14. The van der Waals surface area contributed by atoms with Crippen molar-refractivity contribution in [3.05, 3.63) is 17.5 Å². The fourth-order valence-electron chi connectivity index (χ4n) is 2.26. The lowest BCUT2D eigenvalue weighted by Gasteiger charge is -2.27. The van der Waals surface area contributed by atoms with Crippen LogP contribution in [0.3, 0.4) is 0 Å². The Labute approximate surface area is 121 Å². The van der Waals surface area contributed by atoms with Gasteiger partial charge in [-0.2, -0.15) is 0 Å². The minimum atomic E-state index is -1.08. The average molecular weight is 298 g/mol. The third-order valence-electron chi connectivity index (χ3n) is 3.30. The molecule has 1 amide bonds. The Kier molecular flexibility index (Phi) is 5.29. The molecule has 1 aromatic rings. The van der Waals surface area contributed by atoms with Crippen molar-refractivity contribution in [1.29, 1.82) is 0 Å². The quantitative estimate of drug-likeness (QED) is 0.783. The molecule has 1 aliphatic heterocycles. The molecule has 116 valence electrons. The number of carboxylic acids is 1. The standard InChI is InChI=1S/C13H18N2O6/c1-19-7-9-5-10(15-21-9)12(16)14-11(13(17)18)8-3-2-4-20-6-8/h5,8,11H,2-4,6-7H2,1H3,(H,14,16)(H,17,18). The smallest absolute Gasteiger partial charge is 0.326 e. The molecule has 0 bridgehead atoms. The van der Waals surface area contributed by atoms with E-state index >= 15 is 0 Å². The Hall–Kier alpha value is -1.93. The molecular formula is C13H18N2O6. The molecule has 0 saturated carbocycles. The maximum atomic E-state index is 12.0. The highest BCUT2D eigenvalue weighted by Crippen LogP contribution is 2.18. The molecule has 0 radical (unpaired) electrons. The van der Waals surface area contributed by atoms with Gasteiger partial charge in [-0.3, -0.25) is 4.79 Å². The molecule has 21 heavy (non-hydrogen) atoms. The number of ether oxygens (including phenoxy) is 2. The van der Waals surface area contributed by atoms with Crippen molar-refractivity contribution < 1.29 is 28.7 Å². The lowest BCUT2D eigenvalue weighted by atomic mass is 9.93. The zero-order valence-electron chi connectivity index (χ0n) is 11.7. The highest BCUT2D eigenvalue weighted by Gasteiger charge is 2.32. The van der Waals surface area contributed by atoms with E-state index in [4.69, 9.17) is 14.0 Å². The van der Waals surface area contributed by atoms with Crippen LogP contribution in [0.4, 0.5) is 0 Å². The molecule has 1 fully saturated rings. The second-order valence-electron chi connectivity index (χ2n) is 4.88. The van der Waals surface area contributed by atoms with Crippen LogP contribution < -0.4 is 5.32 Å². The van der Waals surface area contributed by atoms with E-state index in [9.17, 15) is 14.7 Å². The van der Waals surface area contributed by atoms with Crippen LogP contribution in [-0.2, 0) is 20.9 Å². The highest BCUT2D eigenvalue weighted by atomic mass is 16.5. The first-order valence-electron chi connectivity index (χ1n) is 6.67. The fourth-order valence-corrected chi connectivity index (χ4v) is 2.26. The maximum Gasteiger partial charge on any atom is 0.326 e. The van der Waals surface area contributed by atoms with Crippen molar-refractivity contribution >= 4 is 11.9 Å². The van der Waals surface area contributed by atoms with E-state index in [2.05, 4.69) is 10.5 Å². The van der Waals surface area contributed by atoms with Crippen molar-refractivity contribution in [2.45, 2.75) is 25.5 Å². The summed E-state index contributed by atoms with van der Waals surface area (Å²) in [6, 6.07) is 0.426. The lowest BCUT2D eigenvalue weighted by Crippen LogP contribution is -2.48. The first-order chi connectivity index (χ1) is 10.1. The van der Waals surface area contributed by atoms with Gasteiger partial charge in [-0.05, 0) is 12.8 Å². The van der Waals surface area contributed by atoms with Crippen LogP contribution in [0.25, 0.3) is 0 Å². The van der Waals surface area contributed by atoms with E-state index in [1.165, 1.54) is 13.2 Å². The monoisotopic (exact) mass is 298 g/mol. The Balaban J connectivity index is 2.01. The predicted molar refractivity (Wildman–Crippen MR) is 69.6 cm³/mol. The number of nitrogens with one attached hydrogen (secondary N) is 1. The number of amides is 1. The highest BCUT2D eigenvalue weighted by molar-refractivity contribution is 5.95. The lowest BCUT2D eigenvalue weighted by molar-refractivity contribution is -0.142. The average Bonchev–Trinajstić information content (AvgIpc) is 2.94. The molecule has 2 heterocycles. The van der Waals surface area contributed by atoms with Crippen molar-refractivity contribution in [2.24, 2.45) is 5.92 Å². The maximum absolute atomic E-state index is 12.0. The van der Waals surface area contributed by atoms with Gasteiger partial charge in [0.05, 0.1) is 6.61 Å². The van der Waals surface area contributed by atoms with Crippen molar-refractivity contribution in [3.63, 3.8) is 0 Å². The summed E-state index contributed by atoms with van der Waals surface area (Å²) in [5, 5.41) is 15.4. The summed E-state index contributed by atoms with van der Waals surface area (Å²) in [4.78, 5) is 23.4. The van der Waals surface area contributed by atoms with Gasteiger partial charge in [0.1, 0.15) is 12.6 Å². The number of methoxy groups -OCH3 is 1. The number of aromatic nitrogens is 1. The molecular weight excluding hydrogens is 280 g/mol. The first-order valence-corrected chi connectivity index (χ1v) is 6.67. The molecule has 2 atom stereocenters. The van der Waals surface area contributed by atoms with Gasteiger partial charge < -0.3 is 24.4 Å². The molecule has 0 aliphatic carbocycles. The predicted octanol–water partition coefficient (Wildman–Crippen LogP) is 0.431. The van der Waals surface area contributed by atoms with Crippen LogP contribution in [0, 0.1) is 5.92 Å². The molecule has 2 rings (SSSR count). The van der Waals surface area contributed by atoms with E-state index in [0.29, 0.717) is 25.4 Å². The van der Waals surface area contributed by atoms with Gasteiger partial charge in [0.2, 0.25) is 0 Å². The molecule has 1 aliphatic rings. The second-order valence-corrected chi connectivity index (χ2v) is 4.88. The van der Waals surface area contributed by atoms with Crippen LogP contribution in [0.15, 0.2) is 10.6 Å². The van der Waals surface area contributed by atoms with Gasteiger partial charge in [-0.15, -0.1) is 0 Å². The second kappa shape index (κ2) is 7.19. The summed E-state index contributed by atoms with van der Waals surface area (Å²) in [7, 11) is 1.49. The summed E-state index contributed by atoms with van der Waals surface area (Å²) in [5.74, 6) is -1.51. The third kappa shape index (κ3) is 4.02. The summed E-state index contributed by atoms with van der Waals surface area (Å²) in [5.41, 5.74) is 0.0324. The number of nitrogens with zero attached hydrogens (tertiary/aromatic N) is 1. The first kappa shape index (κ1) is 15.5. The van der Waals surface area contributed by atoms with Gasteiger partial charge >= 0.3 is 5.97 Å². The molecule has 2 unspecified atom stereocenters. The van der Waals surface area contributed by atoms with Gasteiger partial charge in [-0.1, -0.05) is 5.16 Å². The van der Waals surface area contributed by atoms with Crippen molar-refractivity contribution in [2.75, 3.05) is 20.3 Å². The number of rotatable bonds is 6. The van der Waals surface area contributed by atoms with Crippen LogP contribution in [0.5, 0.6) is 0 Å². The van der Waals surface area contributed by atoms with E-state index in [1.54, 1.807) is 0 Å². The Morgan fingerprint density at radius 3 is 3.05 bits per heavy atom. The number of hydrogen-bond acceptors (Lipinski definition) is 6. The number of carboxylic acid groups (broad SMARTS) is 1. The number of hydrogen-bond donors (Lipinski definition) is 2.